The van der Waals surface area contributed by atoms with Crippen molar-refractivity contribution >= 4 is 5.97 Å². The van der Waals surface area contributed by atoms with Crippen LogP contribution in [-0.2, 0) is 6.42 Å². The summed E-state index contributed by atoms with van der Waals surface area (Å²) < 4.78 is 5.63. The predicted molar refractivity (Wildman–Crippen MR) is 108 cm³/mol. The Morgan fingerprint density at radius 1 is 1.07 bits per heavy atom. The third-order valence-electron chi connectivity index (χ3n) is 7.87. The van der Waals surface area contributed by atoms with Crippen LogP contribution in [-0.4, -0.2) is 17.2 Å². The van der Waals surface area contributed by atoms with Gasteiger partial charge in [0.2, 0.25) is 0 Å². The van der Waals surface area contributed by atoms with Crippen LogP contribution in [0.25, 0.3) is 0 Å². The lowest BCUT2D eigenvalue weighted by Crippen LogP contribution is -2.43. The smallest absolute Gasteiger partial charge is 0.343 e. The molecular weight excluding hydrogens is 348 g/mol. The Morgan fingerprint density at radius 2 is 1.89 bits per heavy atom. The van der Waals surface area contributed by atoms with Crippen LogP contribution in [0.3, 0.4) is 0 Å². The SMILES string of the molecule is C[C@]12CC[C@H]3c4ccc(OC(=O)c5ccccc5)cc4CC[C@@H]3[C@H]1CC[C@@H]2O. The van der Waals surface area contributed by atoms with E-state index in [4.69, 9.17) is 4.74 Å². The molecule has 5 atom stereocenters. The second-order valence-electron chi connectivity index (χ2n) is 9.17. The van der Waals surface area contributed by atoms with E-state index in [2.05, 4.69) is 19.1 Å². The number of hydrogen-bond donors (Lipinski definition) is 1. The summed E-state index contributed by atoms with van der Waals surface area (Å²) in [6.07, 6.45) is 6.50. The van der Waals surface area contributed by atoms with Crippen LogP contribution in [0.2, 0.25) is 0 Å². The van der Waals surface area contributed by atoms with Crippen LogP contribution in [0, 0.1) is 17.3 Å². The molecule has 146 valence electrons. The summed E-state index contributed by atoms with van der Waals surface area (Å²) in [6.45, 7) is 2.31. The topological polar surface area (TPSA) is 46.5 Å². The molecule has 0 aliphatic heterocycles. The van der Waals surface area contributed by atoms with E-state index in [0.717, 1.165) is 25.7 Å². The summed E-state index contributed by atoms with van der Waals surface area (Å²) in [7, 11) is 0. The second kappa shape index (κ2) is 6.73. The molecule has 3 aliphatic rings. The third-order valence-corrected chi connectivity index (χ3v) is 7.87. The lowest BCUT2D eigenvalue weighted by atomic mass is 9.55. The summed E-state index contributed by atoms with van der Waals surface area (Å²) in [5.41, 5.74) is 3.47. The van der Waals surface area contributed by atoms with Gasteiger partial charge in [0.05, 0.1) is 11.7 Å². The maximum atomic E-state index is 12.4. The maximum Gasteiger partial charge on any atom is 0.343 e. The number of aliphatic hydroxyl groups is 1. The Balaban J connectivity index is 1.37. The summed E-state index contributed by atoms with van der Waals surface area (Å²) in [5.74, 6) is 2.25. The molecule has 5 rings (SSSR count). The van der Waals surface area contributed by atoms with Gasteiger partial charge >= 0.3 is 5.97 Å². The van der Waals surface area contributed by atoms with Crippen molar-refractivity contribution in [2.45, 2.75) is 57.5 Å². The van der Waals surface area contributed by atoms with Gasteiger partial charge in [-0.2, -0.15) is 0 Å². The Bertz CT molecular complexity index is 890. The van der Waals surface area contributed by atoms with Crippen LogP contribution in [0.5, 0.6) is 5.75 Å². The molecule has 0 aromatic heterocycles. The molecule has 2 aromatic rings. The number of ether oxygens (including phenoxy) is 1. The molecule has 1 N–H and O–H groups in total. The minimum Gasteiger partial charge on any atom is -0.423 e. The molecule has 0 unspecified atom stereocenters. The van der Waals surface area contributed by atoms with Crippen molar-refractivity contribution in [3.63, 3.8) is 0 Å². The van der Waals surface area contributed by atoms with Crippen LogP contribution in [0.15, 0.2) is 48.5 Å². The Kier molecular flexibility index (Phi) is 4.31. The zero-order valence-electron chi connectivity index (χ0n) is 16.4. The molecule has 3 aliphatic carbocycles. The first kappa shape index (κ1) is 17.9. The fourth-order valence-corrected chi connectivity index (χ4v) is 6.33. The molecule has 0 radical (unpaired) electrons. The van der Waals surface area contributed by atoms with E-state index in [1.807, 2.05) is 24.3 Å². The molecule has 0 bridgehead atoms. The highest BCUT2D eigenvalue weighted by atomic mass is 16.5. The molecule has 0 spiro atoms. The first-order valence-corrected chi connectivity index (χ1v) is 10.6. The van der Waals surface area contributed by atoms with Gasteiger partial charge in [-0.3, -0.25) is 0 Å². The molecule has 2 aromatic carbocycles. The number of aliphatic hydroxyl groups excluding tert-OH is 1. The number of esters is 1. The van der Waals surface area contributed by atoms with Gasteiger partial charge in [0.25, 0.3) is 0 Å². The molecule has 3 heteroatoms. The number of aryl methyl sites for hydroxylation is 1. The summed E-state index contributed by atoms with van der Waals surface area (Å²) in [5, 5.41) is 10.5. The Hall–Kier alpha value is -2.13. The zero-order valence-corrected chi connectivity index (χ0v) is 16.4. The zero-order chi connectivity index (χ0) is 19.3. The first-order valence-electron chi connectivity index (χ1n) is 10.6. The molecule has 0 saturated heterocycles. The summed E-state index contributed by atoms with van der Waals surface area (Å²) in [4.78, 5) is 12.4. The second-order valence-corrected chi connectivity index (χ2v) is 9.17. The number of carbonyl (C=O) groups excluding carboxylic acids is 1. The molecular formula is C25H28O3. The normalized spacial score (nSPS) is 33.5. The van der Waals surface area contributed by atoms with E-state index in [-0.39, 0.29) is 17.5 Å². The van der Waals surface area contributed by atoms with Gasteiger partial charge < -0.3 is 9.84 Å². The van der Waals surface area contributed by atoms with Gasteiger partial charge in [0.1, 0.15) is 5.75 Å². The monoisotopic (exact) mass is 376 g/mol. The van der Waals surface area contributed by atoms with E-state index in [0.29, 0.717) is 29.1 Å². The van der Waals surface area contributed by atoms with Crippen molar-refractivity contribution < 1.29 is 14.6 Å². The third kappa shape index (κ3) is 2.79. The van der Waals surface area contributed by atoms with Crippen molar-refractivity contribution in [1.82, 2.24) is 0 Å². The van der Waals surface area contributed by atoms with Crippen molar-refractivity contribution in [3.8, 4) is 5.75 Å². The molecule has 0 amide bonds. The summed E-state index contributed by atoms with van der Waals surface area (Å²) in [6, 6.07) is 15.4. The number of fused-ring (bicyclic) bond motifs is 5. The van der Waals surface area contributed by atoms with Gasteiger partial charge in [0.15, 0.2) is 0 Å². The summed E-state index contributed by atoms with van der Waals surface area (Å²) >= 11 is 0. The molecule has 3 nitrogen and oxygen atoms in total. The van der Waals surface area contributed by atoms with E-state index in [1.165, 1.54) is 24.0 Å². The number of hydrogen-bond acceptors (Lipinski definition) is 3. The minimum absolute atomic E-state index is 0.115. The van der Waals surface area contributed by atoms with Gasteiger partial charge in [0, 0.05) is 0 Å². The standard InChI is InChI=1S/C25H28O3/c1-25-14-13-20-19-10-8-18(28-24(27)16-5-3-2-4-6-16)15-17(19)7-9-21(20)22(25)11-12-23(25)26/h2-6,8,10,15,20-23,26H,7,9,11-14H2,1H3/t20-,21-,22+,23-,25-/m0/s1. The van der Waals surface area contributed by atoms with Crippen LogP contribution in [0.4, 0.5) is 0 Å². The molecule has 2 saturated carbocycles. The van der Waals surface area contributed by atoms with Crippen LogP contribution >= 0.6 is 0 Å². The van der Waals surface area contributed by atoms with Crippen LogP contribution < -0.4 is 4.74 Å². The van der Waals surface area contributed by atoms with Gasteiger partial charge in [-0.15, -0.1) is 0 Å². The fourth-order valence-electron chi connectivity index (χ4n) is 6.33. The molecule has 0 heterocycles. The van der Waals surface area contributed by atoms with Crippen molar-refractivity contribution in [1.29, 1.82) is 0 Å². The van der Waals surface area contributed by atoms with Crippen molar-refractivity contribution in [2.75, 3.05) is 0 Å². The first-order chi connectivity index (χ1) is 13.6. The maximum absolute atomic E-state index is 12.4. The molecule has 2 fully saturated rings. The predicted octanol–water partition coefficient (Wildman–Crippen LogP) is 5.12. The van der Waals surface area contributed by atoms with Crippen molar-refractivity contribution in [2.24, 2.45) is 17.3 Å². The minimum atomic E-state index is -0.303. The lowest BCUT2D eigenvalue weighted by Gasteiger charge is -2.50. The highest BCUT2D eigenvalue weighted by Gasteiger charge is 2.54. The van der Waals surface area contributed by atoms with Gasteiger partial charge in [-0.1, -0.05) is 31.2 Å². The van der Waals surface area contributed by atoms with E-state index >= 15 is 0 Å². The molecule has 28 heavy (non-hydrogen) atoms. The number of rotatable bonds is 2. The van der Waals surface area contributed by atoms with Crippen LogP contribution in [0.1, 0.15) is 66.4 Å². The highest BCUT2D eigenvalue weighted by Crippen LogP contribution is 2.60. The van der Waals surface area contributed by atoms with Gasteiger partial charge in [-0.25, -0.2) is 4.79 Å². The number of carbonyl (C=O) groups is 1. The average Bonchev–Trinajstić information content (AvgIpc) is 3.03. The lowest BCUT2D eigenvalue weighted by molar-refractivity contribution is -0.0226. The van der Waals surface area contributed by atoms with E-state index < -0.39 is 0 Å². The van der Waals surface area contributed by atoms with Gasteiger partial charge in [-0.05, 0) is 97.1 Å². The fraction of sp³-hybridized carbons (Fsp3) is 0.480. The van der Waals surface area contributed by atoms with E-state index in [1.54, 1.807) is 12.1 Å². The quantitative estimate of drug-likeness (QED) is 0.584. The average molecular weight is 376 g/mol. The largest absolute Gasteiger partial charge is 0.423 e. The van der Waals surface area contributed by atoms with E-state index in [9.17, 15) is 9.90 Å². The Morgan fingerprint density at radius 3 is 2.71 bits per heavy atom. The number of benzene rings is 2. The highest BCUT2D eigenvalue weighted by molar-refractivity contribution is 5.91. The van der Waals surface area contributed by atoms with Crippen molar-refractivity contribution in [3.05, 3.63) is 65.2 Å². The Labute approximate surface area is 166 Å².